The number of para-hydroxylation sites is 1. The molecule has 5 heteroatoms. The molecule has 0 saturated carbocycles. The molecule has 154 valence electrons. The lowest BCUT2D eigenvalue weighted by Crippen LogP contribution is -1.96. The fourth-order valence-electron chi connectivity index (χ4n) is 3.07. The summed E-state index contributed by atoms with van der Waals surface area (Å²) in [4.78, 5) is 12.3. The van der Waals surface area contributed by atoms with E-state index in [-0.39, 0.29) is 12.4 Å². The maximum atomic E-state index is 12.3. The molecular weight excluding hydrogens is 390 g/mol. The molecule has 4 rings (SSSR count). The number of allylic oxidation sites excluding steroid dienone is 1. The zero-order chi connectivity index (χ0) is 21.5. The number of hydrogen-bond donors (Lipinski definition) is 0. The van der Waals surface area contributed by atoms with Crippen molar-refractivity contribution >= 4 is 11.9 Å². The molecule has 0 N–H and O–H groups in total. The van der Waals surface area contributed by atoms with Gasteiger partial charge in [0.2, 0.25) is 0 Å². The smallest absolute Gasteiger partial charge is 0.185 e. The van der Waals surface area contributed by atoms with Crippen LogP contribution >= 0.6 is 0 Å². The maximum Gasteiger partial charge on any atom is 0.185 e. The van der Waals surface area contributed by atoms with Gasteiger partial charge in [-0.3, -0.25) is 4.79 Å². The van der Waals surface area contributed by atoms with Gasteiger partial charge in [-0.2, -0.15) is 0 Å². The van der Waals surface area contributed by atoms with Crippen LogP contribution in [0.15, 0.2) is 95.5 Å². The Kier molecular flexibility index (Phi) is 6.24. The van der Waals surface area contributed by atoms with Crippen LogP contribution in [0.5, 0.6) is 11.5 Å². The molecule has 1 aromatic heterocycles. The molecule has 4 aromatic rings. The van der Waals surface area contributed by atoms with Gasteiger partial charge in [0.05, 0.1) is 7.11 Å². The molecular formula is C26H21NO4. The van der Waals surface area contributed by atoms with Crippen LogP contribution in [0.25, 0.3) is 17.3 Å². The largest absolute Gasteiger partial charge is 0.496 e. The molecule has 0 saturated heterocycles. The van der Waals surface area contributed by atoms with E-state index < -0.39 is 0 Å². The number of carbonyl (C=O) groups excluding carboxylic acids is 1. The number of benzene rings is 3. The fourth-order valence-corrected chi connectivity index (χ4v) is 3.07. The third-order valence-corrected chi connectivity index (χ3v) is 4.69. The highest BCUT2D eigenvalue weighted by molar-refractivity contribution is 6.06. The summed E-state index contributed by atoms with van der Waals surface area (Å²) in [6.07, 6.45) is 3.37. The van der Waals surface area contributed by atoms with E-state index in [1.54, 1.807) is 43.5 Å². The molecule has 3 aromatic carbocycles. The first-order chi connectivity index (χ1) is 15.2. The van der Waals surface area contributed by atoms with Gasteiger partial charge >= 0.3 is 0 Å². The van der Waals surface area contributed by atoms with Crippen molar-refractivity contribution in [3.05, 3.63) is 108 Å². The second-order valence-corrected chi connectivity index (χ2v) is 6.80. The Labute approximate surface area is 180 Å². The van der Waals surface area contributed by atoms with Gasteiger partial charge in [0.25, 0.3) is 0 Å². The van der Waals surface area contributed by atoms with Crippen LogP contribution in [0.4, 0.5) is 0 Å². The number of methoxy groups -OCH3 is 1. The van der Waals surface area contributed by atoms with E-state index in [9.17, 15) is 4.79 Å². The highest BCUT2D eigenvalue weighted by Crippen LogP contribution is 2.29. The number of nitrogens with zero attached hydrogens (tertiary/aromatic N) is 1. The molecule has 0 spiro atoms. The number of ketones is 1. The van der Waals surface area contributed by atoms with Crippen molar-refractivity contribution in [2.24, 2.45) is 0 Å². The zero-order valence-corrected chi connectivity index (χ0v) is 17.0. The number of hydrogen-bond acceptors (Lipinski definition) is 5. The average molecular weight is 411 g/mol. The van der Waals surface area contributed by atoms with E-state index in [0.717, 1.165) is 16.9 Å². The quantitative estimate of drug-likeness (QED) is 0.270. The van der Waals surface area contributed by atoms with Crippen molar-refractivity contribution in [3.63, 3.8) is 0 Å². The summed E-state index contributed by atoms with van der Waals surface area (Å²) in [5.74, 6) is 1.89. The van der Waals surface area contributed by atoms with Gasteiger partial charge in [-0.05, 0) is 48.0 Å². The monoisotopic (exact) mass is 411 g/mol. The molecule has 0 aliphatic heterocycles. The summed E-state index contributed by atoms with van der Waals surface area (Å²) in [6, 6.07) is 26.2. The highest BCUT2D eigenvalue weighted by atomic mass is 16.5. The van der Waals surface area contributed by atoms with Crippen molar-refractivity contribution in [1.29, 1.82) is 0 Å². The van der Waals surface area contributed by atoms with Crippen molar-refractivity contribution in [2.45, 2.75) is 6.61 Å². The first-order valence-electron chi connectivity index (χ1n) is 9.82. The second kappa shape index (κ2) is 9.59. The van der Waals surface area contributed by atoms with Crippen molar-refractivity contribution in [2.75, 3.05) is 7.11 Å². The third-order valence-electron chi connectivity index (χ3n) is 4.69. The summed E-state index contributed by atoms with van der Waals surface area (Å²) in [6.45, 7) is 0.226. The molecule has 31 heavy (non-hydrogen) atoms. The van der Waals surface area contributed by atoms with Gasteiger partial charge in [0, 0.05) is 17.2 Å². The van der Waals surface area contributed by atoms with Gasteiger partial charge in [-0.15, -0.1) is 0 Å². The first-order valence-corrected chi connectivity index (χ1v) is 9.82. The summed E-state index contributed by atoms with van der Waals surface area (Å²) in [5.41, 5.74) is 3.11. The SMILES string of the molecule is COc1ccccc1-c1cc(COc2ccc(C(=O)/C=C/c3ccccc3)cc2)on1. The van der Waals surface area contributed by atoms with Crippen LogP contribution in [-0.4, -0.2) is 18.0 Å². The summed E-state index contributed by atoms with van der Waals surface area (Å²) in [7, 11) is 1.62. The highest BCUT2D eigenvalue weighted by Gasteiger charge is 2.11. The van der Waals surface area contributed by atoms with E-state index in [1.807, 2.05) is 60.7 Å². The number of rotatable bonds is 8. The van der Waals surface area contributed by atoms with Crippen molar-refractivity contribution < 1.29 is 18.8 Å². The summed E-state index contributed by atoms with van der Waals surface area (Å²) < 4.78 is 16.5. The molecule has 0 aliphatic carbocycles. The molecule has 1 heterocycles. The van der Waals surface area contributed by atoms with Crippen LogP contribution in [-0.2, 0) is 6.61 Å². The van der Waals surface area contributed by atoms with E-state index in [2.05, 4.69) is 5.16 Å². The van der Waals surface area contributed by atoms with Gasteiger partial charge in [-0.1, -0.05) is 53.7 Å². The minimum absolute atomic E-state index is 0.0629. The standard InChI is InChI=1S/C26H21NO4/c1-29-26-10-6-5-9-23(26)24-17-22(31-27-24)18-30-21-14-12-20(13-15-21)25(28)16-11-19-7-3-2-4-8-19/h2-17H,18H2,1H3/b16-11+. The Morgan fingerprint density at radius 3 is 2.48 bits per heavy atom. The predicted octanol–water partition coefficient (Wildman–Crippen LogP) is 5.83. The topological polar surface area (TPSA) is 61.6 Å². The van der Waals surface area contributed by atoms with Crippen LogP contribution in [0, 0.1) is 0 Å². The number of ether oxygens (including phenoxy) is 2. The van der Waals surface area contributed by atoms with Crippen LogP contribution < -0.4 is 9.47 Å². The second-order valence-electron chi connectivity index (χ2n) is 6.80. The molecule has 0 fully saturated rings. The van der Waals surface area contributed by atoms with E-state index in [1.165, 1.54) is 0 Å². The van der Waals surface area contributed by atoms with E-state index in [0.29, 0.717) is 22.8 Å². The van der Waals surface area contributed by atoms with Gasteiger partial charge < -0.3 is 14.0 Å². The van der Waals surface area contributed by atoms with E-state index in [4.69, 9.17) is 14.0 Å². The number of carbonyl (C=O) groups is 1. The fraction of sp³-hybridized carbons (Fsp3) is 0.0769. The minimum atomic E-state index is -0.0629. The van der Waals surface area contributed by atoms with Crippen LogP contribution in [0.2, 0.25) is 0 Å². The van der Waals surface area contributed by atoms with Gasteiger partial charge in [-0.25, -0.2) is 0 Å². The molecule has 0 bridgehead atoms. The lowest BCUT2D eigenvalue weighted by Gasteiger charge is -2.04. The third kappa shape index (κ3) is 5.08. The van der Waals surface area contributed by atoms with Gasteiger partial charge in [0.15, 0.2) is 11.5 Å². The Morgan fingerprint density at radius 2 is 1.71 bits per heavy atom. The van der Waals surface area contributed by atoms with Crippen molar-refractivity contribution in [3.8, 4) is 22.8 Å². The lowest BCUT2D eigenvalue weighted by molar-refractivity contribution is 0.104. The van der Waals surface area contributed by atoms with Crippen LogP contribution in [0.3, 0.4) is 0 Å². The summed E-state index contributed by atoms with van der Waals surface area (Å²) in [5, 5.41) is 4.10. The Bertz CT molecular complexity index is 1180. The molecule has 5 nitrogen and oxygen atoms in total. The minimum Gasteiger partial charge on any atom is -0.496 e. The molecule has 0 amide bonds. The summed E-state index contributed by atoms with van der Waals surface area (Å²) >= 11 is 0. The van der Waals surface area contributed by atoms with Gasteiger partial charge in [0.1, 0.15) is 23.8 Å². The zero-order valence-electron chi connectivity index (χ0n) is 17.0. The Balaban J connectivity index is 1.36. The molecule has 0 radical (unpaired) electrons. The molecule has 0 atom stereocenters. The molecule has 0 unspecified atom stereocenters. The maximum absolute atomic E-state index is 12.3. The average Bonchev–Trinajstić information content (AvgIpc) is 3.31. The Morgan fingerprint density at radius 1 is 0.968 bits per heavy atom. The first kappa shape index (κ1) is 20.2. The van der Waals surface area contributed by atoms with Crippen molar-refractivity contribution in [1.82, 2.24) is 5.16 Å². The van der Waals surface area contributed by atoms with E-state index >= 15 is 0 Å². The molecule has 0 aliphatic rings. The predicted molar refractivity (Wildman–Crippen MR) is 119 cm³/mol. The van der Waals surface area contributed by atoms with Crippen LogP contribution in [0.1, 0.15) is 21.7 Å². The normalized spacial score (nSPS) is 10.9. The number of aromatic nitrogens is 1. The Hall–Kier alpha value is -4.12. The lowest BCUT2D eigenvalue weighted by atomic mass is 10.1.